The van der Waals surface area contributed by atoms with Crippen LogP contribution in [0.1, 0.15) is 38.5 Å². The van der Waals surface area contributed by atoms with Gasteiger partial charge in [-0.3, -0.25) is 4.79 Å². The molecule has 0 aliphatic heterocycles. The van der Waals surface area contributed by atoms with E-state index in [0.717, 1.165) is 32.1 Å². The monoisotopic (exact) mass is 490 g/mol. The molecule has 4 aliphatic rings. The number of nitrogens with zero attached hydrogens (tertiary/aromatic N) is 3. The van der Waals surface area contributed by atoms with E-state index in [4.69, 9.17) is 14.2 Å². The zero-order valence-corrected chi connectivity index (χ0v) is 19.6. The van der Waals surface area contributed by atoms with Crippen molar-refractivity contribution in [2.45, 2.75) is 44.1 Å². The van der Waals surface area contributed by atoms with E-state index in [9.17, 15) is 4.79 Å². The van der Waals surface area contributed by atoms with Gasteiger partial charge in [0.2, 0.25) is 16.4 Å². The Labute approximate surface area is 189 Å². The number of aromatic nitrogens is 3. The molecule has 4 fully saturated rings. The predicted molar refractivity (Wildman–Crippen MR) is 118 cm³/mol. The average molecular weight is 491 g/mol. The smallest absolute Gasteiger partial charge is 0.230 e. The minimum atomic E-state index is -0.400. The number of hydrogen-bond acceptors (Lipinski definition) is 6. The first-order valence-corrected chi connectivity index (χ1v) is 11.4. The van der Waals surface area contributed by atoms with Crippen molar-refractivity contribution >= 4 is 27.5 Å². The maximum atomic E-state index is 13.7. The van der Waals surface area contributed by atoms with Gasteiger partial charge >= 0.3 is 0 Å². The predicted octanol–water partition coefficient (Wildman–Crippen LogP) is 4.00. The summed E-state index contributed by atoms with van der Waals surface area (Å²) in [5, 5.41) is 7.75. The van der Waals surface area contributed by atoms with Crippen molar-refractivity contribution < 1.29 is 19.0 Å². The second-order valence-electron chi connectivity index (χ2n) is 9.29. The van der Waals surface area contributed by atoms with Crippen LogP contribution in [0.5, 0.6) is 17.2 Å². The van der Waals surface area contributed by atoms with Crippen molar-refractivity contribution in [2.75, 3.05) is 26.6 Å². The van der Waals surface area contributed by atoms with Gasteiger partial charge in [-0.05, 0) is 66.3 Å². The van der Waals surface area contributed by atoms with Crippen molar-refractivity contribution in [1.29, 1.82) is 0 Å². The van der Waals surface area contributed by atoms with E-state index in [1.165, 1.54) is 6.42 Å². The fourth-order valence-corrected chi connectivity index (χ4v) is 6.90. The molecule has 0 spiro atoms. The molecule has 1 aromatic carbocycles. The average Bonchev–Trinajstić information content (AvgIpc) is 3.19. The molecule has 2 aromatic rings. The largest absolute Gasteiger partial charge is 0.493 e. The van der Waals surface area contributed by atoms with Crippen molar-refractivity contribution in [3.8, 4) is 17.2 Å². The second-order valence-corrected chi connectivity index (χ2v) is 10.0. The molecule has 1 aromatic heterocycles. The van der Waals surface area contributed by atoms with E-state index in [1.54, 1.807) is 33.5 Å². The number of amides is 1. The van der Waals surface area contributed by atoms with E-state index in [-0.39, 0.29) is 11.4 Å². The van der Waals surface area contributed by atoms with Crippen LogP contribution >= 0.6 is 15.9 Å². The number of ether oxygens (including phenoxy) is 3. The number of nitrogens with one attached hydrogen (secondary N) is 1. The van der Waals surface area contributed by atoms with E-state index < -0.39 is 5.41 Å². The number of anilines is 1. The van der Waals surface area contributed by atoms with Gasteiger partial charge in [-0.1, -0.05) is 0 Å². The van der Waals surface area contributed by atoms with E-state index >= 15 is 0 Å². The van der Waals surface area contributed by atoms with E-state index in [0.29, 0.717) is 39.5 Å². The van der Waals surface area contributed by atoms with Gasteiger partial charge in [0, 0.05) is 17.8 Å². The molecule has 9 heteroatoms. The summed E-state index contributed by atoms with van der Waals surface area (Å²) in [6, 6.07) is 3.56. The zero-order valence-electron chi connectivity index (χ0n) is 18.0. The highest BCUT2D eigenvalue weighted by molar-refractivity contribution is 9.10. The van der Waals surface area contributed by atoms with Crippen molar-refractivity contribution in [1.82, 2.24) is 14.8 Å². The molecule has 1 amide bonds. The molecule has 0 saturated heterocycles. The topological polar surface area (TPSA) is 87.5 Å². The van der Waals surface area contributed by atoms with Crippen LogP contribution in [0.2, 0.25) is 0 Å². The molecular formula is C22H27BrN4O4. The summed E-state index contributed by atoms with van der Waals surface area (Å²) >= 11 is 3.38. The molecule has 8 nitrogen and oxygen atoms in total. The third-order valence-corrected chi connectivity index (χ3v) is 7.75. The van der Waals surface area contributed by atoms with E-state index in [1.807, 2.05) is 11.0 Å². The third kappa shape index (κ3) is 3.28. The van der Waals surface area contributed by atoms with Crippen LogP contribution in [0.15, 0.2) is 23.2 Å². The molecule has 31 heavy (non-hydrogen) atoms. The quantitative estimate of drug-likeness (QED) is 0.658. The number of methoxy groups -OCH3 is 3. The molecule has 4 aliphatic carbocycles. The molecule has 2 atom stereocenters. The SMILES string of the molecule is COc1cc(NC(=O)C23C[C@@H]4C[C@@H](C2)CC(n2cnc(Br)n2)(C4)C3)cc(OC)c1OC. The normalized spacial score (nSPS) is 30.8. The van der Waals surface area contributed by atoms with Crippen LogP contribution < -0.4 is 19.5 Å². The summed E-state index contributed by atoms with van der Waals surface area (Å²) < 4.78 is 18.9. The molecule has 4 bridgehead atoms. The molecule has 1 N–H and O–H groups in total. The summed E-state index contributed by atoms with van der Waals surface area (Å²) in [5.74, 6) is 2.69. The Morgan fingerprint density at radius 2 is 1.74 bits per heavy atom. The van der Waals surface area contributed by atoms with Gasteiger partial charge in [0.05, 0.1) is 32.3 Å². The Balaban J connectivity index is 1.46. The molecule has 0 radical (unpaired) electrons. The Morgan fingerprint density at radius 1 is 1.10 bits per heavy atom. The standard InChI is InChI=1S/C22H27BrN4O4/c1-29-16-5-15(6-17(30-2)18(16)31-3)25-19(28)21-7-13-4-14(8-21)10-22(9-13,11-21)27-12-24-20(23)26-27/h5-6,12-14H,4,7-11H2,1-3H3,(H,25,28)/t13-,14-,21?,22?/m0/s1. The van der Waals surface area contributed by atoms with Crippen molar-refractivity contribution in [2.24, 2.45) is 17.3 Å². The highest BCUT2D eigenvalue weighted by Crippen LogP contribution is 2.64. The van der Waals surface area contributed by atoms with Crippen molar-refractivity contribution in [3.05, 3.63) is 23.2 Å². The highest BCUT2D eigenvalue weighted by Gasteiger charge is 2.61. The van der Waals surface area contributed by atoms with Gasteiger partial charge in [-0.15, -0.1) is 5.10 Å². The Morgan fingerprint density at radius 3 is 2.26 bits per heavy atom. The van der Waals surface area contributed by atoms with Gasteiger partial charge in [0.25, 0.3) is 0 Å². The van der Waals surface area contributed by atoms with Crippen LogP contribution in [0.3, 0.4) is 0 Å². The first kappa shape index (κ1) is 20.6. The van der Waals surface area contributed by atoms with Crippen molar-refractivity contribution in [3.63, 3.8) is 0 Å². The fraction of sp³-hybridized carbons (Fsp3) is 0.591. The third-order valence-electron chi connectivity index (χ3n) is 7.38. The lowest BCUT2D eigenvalue weighted by Gasteiger charge is -2.60. The summed E-state index contributed by atoms with van der Waals surface area (Å²) in [6.07, 6.45) is 7.80. The number of rotatable bonds is 6. The van der Waals surface area contributed by atoms with Gasteiger partial charge in [0.15, 0.2) is 11.5 Å². The minimum absolute atomic E-state index is 0.0689. The summed E-state index contributed by atoms with van der Waals surface area (Å²) in [7, 11) is 4.71. The summed E-state index contributed by atoms with van der Waals surface area (Å²) in [6.45, 7) is 0. The van der Waals surface area contributed by atoms with Gasteiger partial charge in [0.1, 0.15) is 6.33 Å². The van der Waals surface area contributed by atoms with Gasteiger partial charge in [-0.2, -0.15) is 0 Å². The maximum absolute atomic E-state index is 13.7. The lowest BCUT2D eigenvalue weighted by atomic mass is 9.46. The first-order valence-electron chi connectivity index (χ1n) is 10.6. The Kier molecular flexibility index (Phi) is 4.91. The summed E-state index contributed by atoms with van der Waals surface area (Å²) in [4.78, 5) is 18.0. The summed E-state index contributed by atoms with van der Waals surface area (Å²) in [5.41, 5.74) is 0.117. The van der Waals surface area contributed by atoms with Crippen LogP contribution in [-0.4, -0.2) is 42.0 Å². The van der Waals surface area contributed by atoms with Crippen LogP contribution in [0, 0.1) is 17.3 Å². The Hall–Kier alpha value is -2.29. The molecule has 1 heterocycles. The number of carbonyl (C=O) groups excluding carboxylic acids is 1. The van der Waals surface area contributed by atoms with Crippen LogP contribution in [0.25, 0.3) is 0 Å². The number of carbonyl (C=O) groups is 1. The molecular weight excluding hydrogens is 464 g/mol. The molecule has 0 unspecified atom stereocenters. The second kappa shape index (κ2) is 7.39. The number of hydrogen-bond donors (Lipinski definition) is 1. The first-order chi connectivity index (χ1) is 14.9. The fourth-order valence-electron chi connectivity index (χ4n) is 6.64. The molecule has 4 saturated carbocycles. The van der Waals surface area contributed by atoms with E-state index in [2.05, 4.69) is 31.3 Å². The van der Waals surface area contributed by atoms with Crippen LogP contribution in [0.4, 0.5) is 5.69 Å². The number of halogens is 1. The highest BCUT2D eigenvalue weighted by atomic mass is 79.9. The molecule has 166 valence electrons. The number of benzene rings is 1. The van der Waals surface area contributed by atoms with Gasteiger partial charge < -0.3 is 19.5 Å². The zero-order chi connectivity index (χ0) is 21.8. The lowest BCUT2D eigenvalue weighted by Crippen LogP contribution is -2.60. The molecule has 6 rings (SSSR count). The van der Waals surface area contributed by atoms with Gasteiger partial charge in [-0.25, -0.2) is 9.67 Å². The Bertz CT molecular complexity index is 984. The lowest BCUT2D eigenvalue weighted by molar-refractivity contribution is -0.150. The maximum Gasteiger partial charge on any atom is 0.230 e. The minimum Gasteiger partial charge on any atom is -0.493 e. The van der Waals surface area contributed by atoms with Crippen LogP contribution in [-0.2, 0) is 10.3 Å².